The molecule has 8 nitrogen and oxygen atoms in total. The Labute approximate surface area is 186 Å². The summed E-state index contributed by atoms with van der Waals surface area (Å²) in [5.74, 6) is 0.936. The van der Waals surface area contributed by atoms with Crippen molar-refractivity contribution in [2.45, 2.75) is 32.7 Å². The highest BCUT2D eigenvalue weighted by molar-refractivity contribution is 5.95. The predicted octanol–water partition coefficient (Wildman–Crippen LogP) is 3.54. The van der Waals surface area contributed by atoms with Crippen LogP contribution in [0.4, 0.5) is 0 Å². The number of aryl methyl sites for hydroxylation is 1. The van der Waals surface area contributed by atoms with Gasteiger partial charge in [-0.1, -0.05) is 22.4 Å². The van der Waals surface area contributed by atoms with Crippen LogP contribution in [0.15, 0.2) is 51.7 Å². The fraction of sp³-hybridized carbons (Fsp3) is 0.417. The second-order valence-electron chi connectivity index (χ2n) is 8.96. The number of nitrogens with zero attached hydrogens (tertiary/aromatic N) is 4. The van der Waals surface area contributed by atoms with E-state index in [1.807, 2.05) is 48.2 Å². The van der Waals surface area contributed by atoms with E-state index in [-0.39, 0.29) is 23.1 Å². The molecule has 1 saturated carbocycles. The number of amides is 2. The zero-order valence-corrected chi connectivity index (χ0v) is 18.3. The van der Waals surface area contributed by atoms with Crippen molar-refractivity contribution in [3.05, 3.63) is 59.6 Å². The number of carbonyl (C=O) groups excluding carboxylic acids is 2. The standard InChI is InChI=1S/C24H26N4O4/c1-16-20(26-32-25-16)15-27(2)23(30)19-14-24(19)8-10-28(11-9-24)22(29)18-6-3-5-17(13-18)21-7-4-12-31-21/h3-7,12-13,19H,8-11,14-15H2,1-2H3/t19-/m1/s1. The monoisotopic (exact) mass is 434 g/mol. The van der Waals surface area contributed by atoms with E-state index in [4.69, 9.17) is 9.05 Å². The molecule has 2 fully saturated rings. The Kier molecular flexibility index (Phi) is 5.07. The third-order valence-electron chi connectivity index (χ3n) is 6.96. The van der Waals surface area contributed by atoms with Crippen LogP contribution in [0.2, 0.25) is 0 Å². The second-order valence-corrected chi connectivity index (χ2v) is 8.96. The van der Waals surface area contributed by atoms with Gasteiger partial charge in [0.15, 0.2) is 0 Å². The minimum Gasteiger partial charge on any atom is -0.464 e. The molecule has 0 N–H and O–H groups in total. The Morgan fingerprint density at radius 1 is 1.19 bits per heavy atom. The third-order valence-corrected chi connectivity index (χ3v) is 6.96. The number of rotatable bonds is 5. The topological polar surface area (TPSA) is 92.7 Å². The van der Waals surface area contributed by atoms with Gasteiger partial charge in [0, 0.05) is 37.2 Å². The molecule has 3 heterocycles. The van der Waals surface area contributed by atoms with Crippen molar-refractivity contribution in [1.82, 2.24) is 20.1 Å². The molecular formula is C24H26N4O4. The van der Waals surface area contributed by atoms with Crippen molar-refractivity contribution in [2.75, 3.05) is 20.1 Å². The van der Waals surface area contributed by atoms with Crippen LogP contribution in [0.3, 0.4) is 0 Å². The number of aromatic nitrogens is 2. The summed E-state index contributed by atoms with van der Waals surface area (Å²) in [6.07, 6.45) is 4.22. The maximum atomic E-state index is 13.1. The van der Waals surface area contributed by atoms with Gasteiger partial charge in [0.2, 0.25) is 5.91 Å². The maximum absolute atomic E-state index is 13.1. The van der Waals surface area contributed by atoms with E-state index in [1.165, 1.54) is 0 Å². The van der Waals surface area contributed by atoms with Gasteiger partial charge in [0.1, 0.15) is 17.1 Å². The van der Waals surface area contributed by atoms with Gasteiger partial charge >= 0.3 is 0 Å². The Hall–Kier alpha value is -3.42. The number of furan rings is 1. The molecule has 5 rings (SSSR count). The van der Waals surface area contributed by atoms with Gasteiger partial charge < -0.3 is 14.2 Å². The van der Waals surface area contributed by atoms with Crippen molar-refractivity contribution in [2.24, 2.45) is 11.3 Å². The van der Waals surface area contributed by atoms with E-state index in [2.05, 4.69) is 10.3 Å². The van der Waals surface area contributed by atoms with Crippen LogP contribution in [0.1, 0.15) is 41.0 Å². The molecule has 8 heteroatoms. The van der Waals surface area contributed by atoms with E-state index in [9.17, 15) is 9.59 Å². The summed E-state index contributed by atoms with van der Waals surface area (Å²) >= 11 is 0. The number of piperidine rings is 1. The molecule has 0 bridgehead atoms. The molecule has 1 aromatic carbocycles. The van der Waals surface area contributed by atoms with E-state index >= 15 is 0 Å². The van der Waals surface area contributed by atoms with E-state index in [1.54, 1.807) is 18.2 Å². The lowest BCUT2D eigenvalue weighted by atomic mass is 9.90. The van der Waals surface area contributed by atoms with Crippen molar-refractivity contribution >= 4 is 11.8 Å². The summed E-state index contributed by atoms with van der Waals surface area (Å²) < 4.78 is 10.2. The summed E-state index contributed by atoms with van der Waals surface area (Å²) in [6, 6.07) is 11.3. The van der Waals surface area contributed by atoms with Crippen molar-refractivity contribution in [1.29, 1.82) is 0 Å². The summed E-state index contributed by atoms with van der Waals surface area (Å²) in [6.45, 7) is 3.56. The Bertz CT molecular complexity index is 1130. The van der Waals surface area contributed by atoms with Gasteiger partial charge in [-0.15, -0.1) is 0 Å². The van der Waals surface area contributed by atoms with Gasteiger partial charge in [-0.25, -0.2) is 4.63 Å². The number of benzene rings is 1. The largest absolute Gasteiger partial charge is 0.464 e. The Balaban J connectivity index is 1.19. The lowest BCUT2D eigenvalue weighted by Gasteiger charge is -2.33. The van der Waals surface area contributed by atoms with E-state index in [0.717, 1.165) is 30.6 Å². The number of hydrogen-bond donors (Lipinski definition) is 0. The van der Waals surface area contributed by atoms with E-state index < -0.39 is 0 Å². The number of hydrogen-bond acceptors (Lipinski definition) is 6. The van der Waals surface area contributed by atoms with Crippen molar-refractivity contribution in [3.63, 3.8) is 0 Å². The Morgan fingerprint density at radius 3 is 2.69 bits per heavy atom. The summed E-state index contributed by atoms with van der Waals surface area (Å²) in [4.78, 5) is 29.7. The first kappa shape index (κ1) is 20.5. The first-order valence-electron chi connectivity index (χ1n) is 10.9. The molecule has 1 atom stereocenters. The smallest absolute Gasteiger partial charge is 0.253 e. The molecule has 0 unspecified atom stereocenters. The van der Waals surface area contributed by atoms with Crippen LogP contribution in [-0.2, 0) is 11.3 Å². The first-order chi connectivity index (χ1) is 15.5. The molecule has 32 heavy (non-hydrogen) atoms. The van der Waals surface area contributed by atoms with Gasteiger partial charge in [0.05, 0.1) is 12.8 Å². The van der Waals surface area contributed by atoms with Crippen LogP contribution >= 0.6 is 0 Å². The molecule has 2 amide bonds. The number of carbonyl (C=O) groups is 2. The maximum Gasteiger partial charge on any atom is 0.253 e. The van der Waals surface area contributed by atoms with E-state index in [0.29, 0.717) is 36.6 Å². The SMILES string of the molecule is Cc1nonc1CN(C)C(=O)[C@H]1CC12CCN(C(=O)c1cccc(-c3ccco3)c1)CC2. The Morgan fingerprint density at radius 2 is 2.00 bits per heavy atom. The van der Waals surface area contributed by atoms with Gasteiger partial charge in [0.25, 0.3) is 5.91 Å². The van der Waals surface area contributed by atoms with Gasteiger partial charge in [-0.2, -0.15) is 0 Å². The predicted molar refractivity (Wildman–Crippen MR) is 115 cm³/mol. The molecule has 1 saturated heterocycles. The average molecular weight is 434 g/mol. The van der Waals surface area contributed by atoms with Crippen LogP contribution in [0.25, 0.3) is 11.3 Å². The molecule has 2 aromatic heterocycles. The fourth-order valence-corrected chi connectivity index (χ4v) is 4.80. The van der Waals surface area contributed by atoms with Crippen molar-refractivity contribution in [3.8, 4) is 11.3 Å². The minimum atomic E-state index is 0.0206. The van der Waals surface area contributed by atoms with Crippen LogP contribution in [-0.4, -0.2) is 52.1 Å². The second kappa shape index (κ2) is 7.93. The molecule has 3 aromatic rings. The normalized spacial score (nSPS) is 19.2. The molecule has 0 radical (unpaired) electrons. The highest BCUT2D eigenvalue weighted by Crippen LogP contribution is 2.60. The third kappa shape index (κ3) is 3.70. The lowest BCUT2D eigenvalue weighted by molar-refractivity contribution is -0.133. The van der Waals surface area contributed by atoms with Crippen LogP contribution in [0.5, 0.6) is 0 Å². The van der Waals surface area contributed by atoms with Gasteiger partial charge in [-0.3, -0.25) is 9.59 Å². The zero-order chi connectivity index (χ0) is 22.3. The molecule has 1 spiro atoms. The quantitative estimate of drug-likeness (QED) is 0.610. The average Bonchev–Trinajstić information content (AvgIpc) is 3.15. The zero-order valence-electron chi connectivity index (χ0n) is 18.3. The molecule has 1 aliphatic carbocycles. The molecule has 2 aliphatic rings. The van der Waals surface area contributed by atoms with Crippen molar-refractivity contribution < 1.29 is 18.6 Å². The number of likely N-dealkylation sites (tertiary alicyclic amines) is 1. The minimum absolute atomic E-state index is 0.0206. The molecule has 1 aliphatic heterocycles. The van der Waals surface area contributed by atoms with Crippen LogP contribution in [0, 0.1) is 18.3 Å². The lowest BCUT2D eigenvalue weighted by Crippen LogP contribution is -2.40. The highest BCUT2D eigenvalue weighted by Gasteiger charge is 2.59. The molecule has 166 valence electrons. The summed E-state index contributed by atoms with van der Waals surface area (Å²) in [5, 5.41) is 7.65. The van der Waals surface area contributed by atoms with Gasteiger partial charge in [-0.05, 0) is 55.9 Å². The summed E-state index contributed by atoms with van der Waals surface area (Å²) in [5.41, 5.74) is 2.97. The highest BCUT2D eigenvalue weighted by atomic mass is 16.6. The fourth-order valence-electron chi connectivity index (χ4n) is 4.80. The summed E-state index contributed by atoms with van der Waals surface area (Å²) in [7, 11) is 1.80. The molecular weight excluding hydrogens is 408 g/mol. The van der Waals surface area contributed by atoms with Crippen LogP contribution < -0.4 is 0 Å². The first-order valence-corrected chi connectivity index (χ1v) is 10.9.